The molecular formula is C42H52Cl2N2O2PRu-. The van der Waals surface area contributed by atoms with Crippen LogP contribution < -0.4 is 9.80 Å². The summed E-state index contributed by atoms with van der Waals surface area (Å²) in [7, 11) is 12.6. The van der Waals surface area contributed by atoms with Gasteiger partial charge in [-0.05, 0) is 91.5 Å². The second-order valence-corrected chi connectivity index (χ2v) is 19.9. The third-order valence-corrected chi connectivity index (χ3v) is 12.5. The van der Waals surface area contributed by atoms with Crippen molar-refractivity contribution in [3.63, 3.8) is 0 Å². The summed E-state index contributed by atoms with van der Waals surface area (Å²) < 4.78 is 11.4. The average molecular weight is 820 g/mol. The average Bonchev–Trinajstić information content (AvgIpc) is 3.66. The number of anilines is 2. The van der Waals surface area contributed by atoms with E-state index in [1.54, 1.807) is 0 Å². The molecule has 1 saturated heterocycles. The molecule has 1 aliphatic heterocycles. The normalized spacial score (nSPS) is 13.9. The summed E-state index contributed by atoms with van der Waals surface area (Å²) in [6.45, 7) is 25.6. The van der Waals surface area contributed by atoms with Crippen LogP contribution >= 0.6 is 28.4 Å². The summed E-state index contributed by atoms with van der Waals surface area (Å²) in [6.07, 6.45) is 2.71. The van der Waals surface area contributed by atoms with E-state index in [9.17, 15) is 0 Å². The minimum atomic E-state index is -1.88. The molecule has 0 unspecified atom stereocenters. The van der Waals surface area contributed by atoms with Crippen molar-refractivity contribution < 1.29 is 22.6 Å². The van der Waals surface area contributed by atoms with Gasteiger partial charge in [0, 0.05) is 24.5 Å². The number of fused-ring (bicyclic) bond motifs is 1. The van der Waals surface area contributed by atoms with Crippen molar-refractivity contribution in [2.24, 2.45) is 0 Å². The second kappa shape index (κ2) is 18.9. The predicted molar refractivity (Wildman–Crippen MR) is 217 cm³/mol. The first-order chi connectivity index (χ1) is 23.8. The van der Waals surface area contributed by atoms with Crippen LogP contribution in [0.3, 0.4) is 0 Å². The molecule has 4 aromatic carbocycles. The van der Waals surface area contributed by atoms with E-state index in [0.29, 0.717) is 0 Å². The molecule has 0 radical (unpaired) electrons. The van der Waals surface area contributed by atoms with Gasteiger partial charge in [0.2, 0.25) is 0 Å². The van der Waals surface area contributed by atoms with Gasteiger partial charge in [-0.3, -0.25) is 0 Å². The molecule has 0 spiro atoms. The van der Waals surface area contributed by atoms with E-state index >= 15 is 0 Å². The molecule has 1 aliphatic carbocycles. The third kappa shape index (κ3) is 10.8. The number of aryl methyl sites for hydroxylation is 6. The second-order valence-electron chi connectivity index (χ2n) is 13.4. The Balaban J connectivity index is 0.000000185. The van der Waals surface area contributed by atoms with E-state index in [4.69, 9.17) is 28.4 Å². The fraction of sp³-hybridized carbons (Fsp3) is 0.333. The van der Waals surface area contributed by atoms with E-state index in [1.807, 2.05) is 52.0 Å². The molecule has 0 N–H and O–H groups in total. The Labute approximate surface area is 316 Å². The molecule has 0 saturated carbocycles. The van der Waals surface area contributed by atoms with E-state index in [1.165, 1.54) is 67.0 Å². The number of nitrogens with zero attached hydrogens (tertiary/aromatic N) is 2. The number of allylic oxidation sites excluding steroid dienone is 1. The van der Waals surface area contributed by atoms with Crippen LogP contribution in [0.1, 0.15) is 77.8 Å². The van der Waals surface area contributed by atoms with Crippen molar-refractivity contribution in [3.8, 4) is 0 Å². The van der Waals surface area contributed by atoms with Gasteiger partial charge in [0.05, 0.1) is 12.2 Å². The molecule has 8 heteroatoms. The van der Waals surface area contributed by atoms with Crippen LogP contribution in [0.5, 0.6) is 0 Å². The van der Waals surface area contributed by atoms with Crippen LogP contribution in [0, 0.1) is 48.2 Å². The van der Waals surface area contributed by atoms with E-state index in [0.717, 1.165) is 17.2 Å². The summed E-state index contributed by atoms with van der Waals surface area (Å²) >= 11 is -1.88. The van der Waals surface area contributed by atoms with Crippen LogP contribution in [-0.4, -0.2) is 29.4 Å². The van der Waals surface area contributed by atoms with Crippen molar-refractivity contribution >= 4 is 49.5 Å². The van der Waals surface area contributed by atoms with Crippen LogP contribution in [0.25, 0.3) is 5.57 Å². The number of rotatable bonds is 7. The SMILES string of the molecule is CC(C)OPOC(C)C.Cc1cc(C)c(N2[CH-]N(c3c(C)cc(C)cc3C)CC2)c(C)c1.[Cl][Ru]([Cl])=[C]1C=C(c2ccccc2)c2ccccc21. The zero-order valence-corrected chi connectivity index (χ0v) is 35.3. The van der Waals surface area contributed by atoms with Crippen molar-refractivity contribution in [2.75, 3.05) is 22.9 Å². The zero-order valence-electron chi connectivity index (χ0n) is 31.0. The minimum absolute atomic E-state index is 0.193. The first-order valence-electron chi connectivity index (χ1n) is 17.1. The van der Waals surface area contributed by atoms with Gasteiger partial charge in [-0.15, -0.1) is 0 Å². The Bertz CT molecular complexity index is 1700. The molecule has 4 nitrogen and oxygen atoms in total. The zero-order chi connectivity index (χ0) is 36.5. The molecule has 50 heavy (non-hydrogen) atoms. The summed E-state index contributed by atoms with van der Waals surface area (Å²) in [5.74, 6) is 0. The van der Waals surface area contributed by atoms with Crippen molar-refractivity contribution in [3.05, 3.63) is 142 Å². The van der Waals surface area contributed by atoms with Gasteiger partial charge >= 0.3 is 120 Å². The van der Waals surface area contributed by atoms with Crippen LogP contribution in [0.2, 0.25) is 0 Å². The van der Waals surface area contributed by atoms with Crippen molar-refractivity contribution in [1.29, 1.82) is 0 Å². The van der Waals surface area contributed by atoms with E-state index in [-0.39, 0.29) is 21.2 Å². The molecule has 270 valence electrons. The van der Waals surface area contributed by atoms with Gasteiger partial charge in [0.1, 0.15) is 0 Å². The van der Waals surface area contributed by atoms with Crippen LogP contribution in [-0.2, 0) is 22.6 Å². The van der Waals surface area contributed by atoms with Crippen LogP contribution in [0.4, 0.5) is 11.4 Å². The Morgan fingerprint density at radius 2 is 1.06 bits per heavy atom. The third-order valence-electron chi connectivity index (χ3n) is 8.24. The molecule has 0 amide bonds. The maximum absolute atomic E-state index is 6.19. The van der Waals surface area contributed by atoms with Gasteiger partial charge in [-0.1, -0.05) is 35.4 Å². The summed E-state index contributed by atoms with van der Waals surface area (Å²) in [4.78, 5) is 4.81. The number of halogens is 2. The predicted octanol–water partition coefficient (Wildman–Crippen LogP) is 11.9. The summed E-state index contributed by atoms with van der Waals surface area (Å²) in [5.41, 5.74) is 15.7. The Morgan fingerprint density at radius 1 is 0.640 bits per heavy atom. The number of hydrogen-bond acceptors (Lipinski definition) is 4. The van der Waals surface area contributed by atoms with E-state index in [2.05, 4.69) is 119 Å². The molecular weight excluding hydrogens is 767 g/mol. The van der Waals surface area contributed by atoms with Gasteiger partial charge < -0.3 is 18.8 Å². The topological polar surface area (TPSA) is 24.9 Å². The number of hydrogen-bond donors (Lipinski definition) is 0. The Kier molecular flexibility index (Phi) is 15.3. The Hall–Kier alpha value is -2.36. The molecule has 0 aromatic heterocycles. The fourth-order valence-electron chi connectivity index (χ4n) is 6.48. The standard InChI is InChI=1S/C21H27N2.C15H10.C6H15O2P.2ClH.Ru/c1-14-9-16(3)20(17(4)10-14)22-7-8-23(13-22)21-18(5)11-15(2)12-19(21)6;1-2-6-12(7-3-1)15-11-10-13-8-4-5-9-14(13)15;1-5(2)7-9-8-6(3)4;;;/h9-13H,7-8H2,1-6H3;1-9,11H;5-6,9H,1-4H3;2*1H;/q-1;;;;;+2/p-2. The fourth-order valence-corrected chi connectivity index (χ4v) is 9.40. The van der Waals surface area contributed by atoms with Crippen LogP contribution in [0.15, 0.2) is 84.9 Å². The molecule has 6 rings (SSSR count). The van der Waals surface area contributed by atoms with Gasteiger partial charge in [-0.25, -0.2) is 0 Å². The Morgan fingerprint density at radius 3 is 1.48 bits per heavy atom. The maximum atomic E-state index is 6.19. The summed E-state index contributed by atoms with van der Waals surface area (Å²) in [6, 6.07) is 27.8. The molecule has 0 atom stereocenters. The molecule has 2 aliphatic rings. The van der Waals surface area contributed by atoms with Gasteiger partial charge in [0.25, 0.3) is 0 Å². The molecule has 4 aromatic rings. The molecule has 0 bridgehead atoms. The van der Waals surface area contributed by atoms with E-state index < -0.39 is 13.5 Å². The van der Waals surface area contributed by atoms with Crippen molar-refractivity contribution in [2.45, 2.75) is 81.4 Å². The summed E-state index contributed by atoms with van der Waals surface area (Å²) in [5, 5.41) is 0. The molecule has 1 heterocycles. The number of benzene rings is 4. The molecule has 1 fully saturated rings. The monoisotopic (exact) mass is 819 g/mol. The van der Waals surface area contributed by atoms with Crippen molar-refractivity contribution in [1.82, 2.24) is 0 Å². The first-order valence-corrected chi connectivity index (χ1v) is 23.3. The first kappa shape index (κ1) is 40.4. The van der Waals surface area contributed by atoms with Gasteiger partial charge in [-0.2, -0.15) is 6.67 Å². The quantitative estimate of drug-likeness (QED) is 0.105. The van der Waals surface area contributed by atoms with Gasteiger partial charge in [0.15, 0.2) is 9.03 Å².